The molecule has 1 heterocycles. The summed E-state index contributed by atoms with van der Waals surface area (Å²) in [6.07, 6.45) is -0.629. The van der Waals surface area contributed by atoms with E-state index in [4.69, 9.17) is 4.74 Å². The van der Waals surface area contributed by atoms with E-state index in [0.717, 1.165) is 16.2 Å². The van der Waals surface area contributed by atoms with E-state index in [9.17, 15) is 14.9 Å². The van der Waals surface area contributed by atoms with Gasteiger partial charge in [-0.05, 0) is 24.5 Å². The fourth-order valence-electron chi connectivity index (χ4n) is 1.39. The van der Waals surface area contributed by atoms with E-state index in [1.54, 1.807) is 13.0 Å². The third-order valence-electron chi connectivity index (χ3n) is 2.16. The quantitative estimate of drug-likeness (QED) is 0.681. The van der Waals surface area contributed by atoms with Crippen LogP contribution in [0.15, 0.2) is 18.2 Å². The number of nitro groups is 1. The number of anilines is 1. The second-order valence-corrected chi connectivity index (χ2v) is 4.12. The van der Waals surface area contributed by atoms with E-state index in [1.807, 2.05) is 0 Å². The molecule has 0 unspecified atom stereocenters. The van der Waals surface area contributed by atoms with E-state index >= 15 is 0 Å². The molecule has 2 aromatic rings. The first-order valence-corrected chi connectivity index (χ1v) is 5.86. The fourth-order valence-corrected chi connectivity index (χ4v) is 2.11. The number of amides is 1. The summed E-state index contributed by atoms with van der Waals surface area (Å²) in [6, 6.07) is 4.37. The fraction of sp³-hybridized carbons (Fsp3) is 0.200. The maximum absolute atomic E-state index is 11.3. The van der Waals surface area contributed by atoms with Crippen LogP contribution in [-0.4, -0.2) is 22.0 Å². The van der Waals surface area contributed by atoms with Crippen LogP contribution in [0.2, 0.25) is 0 Å². The van der Waals surface area contributed by atoms with E-state index in [1.165, 1.54) is 12.1 Å². The van der Waals surface area contributed by atoms with Crippen molar-refractivity contribution in [1.82, 2.24) is 4.37 Å². The number of hydrogen-bond donors (Lipinski definition) is 1. The molecule has 0 aliphatic carbocycles. The minimum absolute atomic E-state index is 0.0467. The third-order valence-corrected chi connectivity index (χ3v) is 2.99. The highest BCUT2D eigenvalue weighted by molar-refractivity contribution is 7.13. The number of carbonyl (C=O) groups is 1. The number of aromatic nitrogens is 1. The molecular formula is C10H9N3O4S. The second kappa shape index (κ2) is 4.96. The van der Waals surface area contributed by atoms with Crippen molar-refractivity contribution in [3.63, 3.8) is 0 Å². The number of nitro benzene ring substituents is 1. The first-order chi connectivity index (χ1) is 8.61. The normalized spacial score (nSPS) is 10.3. The predicted octanol–water partition coefficient (Wildman–Crippen LogP) is 2.77. The first kappa shape index (κ1) is 12.2. The summed E-state index contributed by atoms with van der Waals surface area (Å²) < 4.78 is 9.50. The highest BCUT2D eigenvalue weighted by atomic mass is 32.1. The first-order valence-electron chi connectivity index (χ1n) is 5.09. The van der Waals surface area contributed by atoms with Crippen LogP contribution in [0.1, 0.15) is 6.92 Å². The molecule has 0 fully saturated rings. The number of hydrogen-bond acceptors (Lipinski definition) is 6. The summed E-state index contributed by atoms with van der Waals surface area (Å²) >= 11 is 1.15. The van der Waals surface area contributed by atoms with E-state index in [2.05, 4.69) is 9.69 Å². The highest BCUT2D eigenvalue weighted by Gasteiger charge is 2.14. The zero-order valence-corrected chi connectivity index (χ0v) is 10.2. The van der Waals surface area contributed by atoms with Crippen LogP contribution >= 0.6 is 11.5 Å². The van der Waals surface area contributed by atoms with Crippen molar-refractivity contribution in [1.29, 1.82) is 0 Å². The maximum atomic E-state index is 11.3. The average molecular weight is 267 g/mol. The molecule has 0 radical (unpaired) electrons. The smallest absolute Gasteiger partial charge is 0.412 e. The van der Waals surface area contributed by atoms with Gasteiger partial charge in [0.25, 0.3) is 5.69 Å². The maximum Gasteiger partial charge on any atom is 0.412 e. The van der Waals surface area contributed by atoms with Gasteiger partial charge in [-0.2, -0.15) is 4.37 Å². The number of nitrogens with one attached hydrogen (secondary N) is 1. The lowest BCUT2D eigenvalue weighted by atomic mass is 10.2. The van der Waals surface area contributed by atoms with Crippen molar-refractivity contribution < 1.29 is 14.5 Å². The number of non-ortho nitro benzene ring substituents is 1. The van der Waals surface area contributed by atoms with Crippen molar-refractivity contribution in [3.8, 4) is 0 Å². The summed E-state index contributed by atoms with van der Waals surface area (Å²) in [4.78, 5) is 21.5. The Bertz CT molecular complexity index is 610. The summed E-state index contributed by atoms with van der Waals surface area (Å²) in [5.74, 6) is 0.275. The molecule has 0 spiro atoms. The van der Waals surface area contributed by atoms with E-state index in [0.29, 0.717) is 5.39 Å². The molecule has 1 aromatic carbocycles. The minimum Gasteiger partial charge on any atom is -0.450 e. The topological polar surface area (TPSA) is 94.4 Å². The Morgan fingerprint density at radius 1 is 1.61 bits per heavy atom. The lowest BCUT2D eigenvalue weighted by Crippen LogP contribution is -2.13. The Morgan fingerprint density at radius 3 is 3.06 bits per heavy atom. The van der Waals surface area contributed by atoms with Crippen LogP contribution in [-0.2, 0) is 4.74 Å². The van der Waals surface area contributed by atoms with Crippen LogP contribution in [0, 0.1) is 10.1 Å². The Labute approximate surface area is 106 Å². The zero-order valence-electron chi connectivity index (χ0n) is 9.37. The van der Waals surface area contributed by atoms with E-state index < -0.39 is 11.0 Å². The number of nitrogens with zero attached hydrogens (tertiary/aromatic N) is 2. The number of carbonyl (C=O) groups excluding carboxylic acids is 1. The number of rotatable bonds is 3. The molecule has 18 heavy (non-hydrogen) atoms. The average Bonchev–Trinajstić information content (AvgIpc) is 2.72. The van der Waals surface area contributed by atoms with E-state index in [-0.39, 0.29) is 18.1 Å². The Morgan fingerprint density at radius 2 is 2.39 bits per heavy atom. The molecule has 7 nitrogen and oxygen atoms in total. The van der Waals surface area contributed by atoms with Gasteiger partial charge in [-0.1, -0.05) is 0 Å². The van der Waals surface area contributed by atoms with Crippen LogP contribution in [0.3, 0.4) is 0 Å². The van der Waals surface area contributed by atoms with Crippen LogP contribution < -0.4 is 5.32 Å². The van der Waals surface area contributed by atoms with Gasteiger partial charge in [0.15, 0.2) is 5.82 Å². The number of benzene rings is 1. The van der Waals surface area contributed by atoms with Crippen molar-refractivity contribution in [2.75, 3.05) is 11.9 Å². The van der Waals surface area contributed by atoms with Gasteiger partial charge >= 0.3 is 6.09 Å². The Kier molecular flexibility index (Phi) is 3.38. The Hall–Kier alpha value is -2.22. The number of fused-ring (bicyclic) bond motifs is 1. The molecule has 0 saturated heterocycles. The third kappa shape index (κ3) is 2.38. The van der Waals surface area contributed by atoms with Crippen molar-refractivity contribution >= 4 is 39.2 Å². The molecule has 1 amide bonds. The van der Waals surface area contributed by atoms with Crippen LogP contribution in [0.25, 0.3) is 10.1 Å². The summed E-state index contributed by atoms with van der Waals surface area (Å²) in [6.45, 7) is 1.93. The van der Waals surface area contributed by atoms with Gasteiger partial charge in [-0.25, -0.2) is 4.79 Å². The summed E-state index contributed by atoms with van der Waals surface area (Å²) in [5.41, 5.74) is -0.0467. The number of ether oxygens (including phenoxy) is 1. The summed E-state index contributed by atoms with van der Waals surface area (Å²) in [5, 5.41) is 13.7. The van der Waals surface area contributed by atoms with Gasteiger partial charge < -0.3 is 4.74 Å². The lowest BCUT2D eigenvalue weighted by Gasteiger charge is -2.02. The van der Waals surface area contributed by atoms with Gasteiger partial charge in [0.05, 0.1) is 16.2 Å². The van der Waals surface area contributed by atoms with Crippen LogP contribution in [0.4, 0.5) is 16.3 Å². The highest BCUT2D eigenvalue weighted by Crippen LogP contribution is 2.30. The molecule has 0 saturated carbocycles. The molecule has 1 aromatic heterocycles. The molecule has 1 N–H and O–H groups in total. The van der Waals surface area contributed by atoms with Gasteiger partial charge in [0.2, 0.25) is 0 Å². The van der Waals surface area contributed by atoms with Crippen molar-refractivity contribution in [2.45, 2.75) is 6.92 Å². The van der Waals surface area contributed by atoms with Crippen molar-refractivity contribution in [2.24, 2.45) is 0 Å². The van der Waals surface area contributed by atoms with Gasteiger partial charge in [0, 0.05) is 17.5 Å². The molecule has 0 bridgehead atoms. The van der Waals surface area contributed by atoms with Crippen molar-refractivity contribution in [3.05, 3.63) is 28.3 Å². The SMILES string of the molecule is CCOC(=O)Nc1nsc2ccc([N+](=O)[O-])cc12. The van der Waals surface area contributed by atoms with Gasteiger partial charge in [-0.3, -0.25) is 15.4 Å². The molecule has 94 valence electrons. The standard InChI is InChI=1S/C10H9N3O4S/c1-2-17-10(14)11-9-7-5-6(13(15)16)3-4-8(7)18-12-9/h3-5H,2H2,1H3,(H,11,12,14). The monoisotopic (exact) mass is 267 g/mol. The molecule has 0 aliphatic heterocycles. The molecule has 8 heteroatoms. The molecular weight excluding hydrogens is 258 g/mol. The molecule has 0 aliphatic rings. The van der Waals surface area contributed by atoms with Gasteiger partial charge in [-0.15, -0.1) is 0 Å². The minimum atomic E-state index is -0.629. The Balaban J connectivity index is 2.36. The zero-order chi connectivity index (χ0) is 13.1. The molecule has 2 rings (SSSR count). The predicted molar refractivity (Wildman–Crippen MR) is 66.9 cm³/mol. The molecule has 0 atom stereocenters. The second-order valence-electron chi connectivity index (χ2n) is 3.31. The van der Waals surface area contributed by atoms with Crippen LogP contribution in [0.5, 0.6) is 0 Å². The largest absolute Gasteiger partial charge is 0.450 e. The van der Waals surface area contributed by atoms with Gasteiger partial charge in [0.1, 0.15) is 0 Å². The summed E-state index contributed by atoms with van der Waals surface area (Å²) in [7, 11) is 0. The lowest BCUT2D eigenvalue weighted by molar-refractivity contribution is -0.384.